The highest BCUT2D eigenvalue weighted by Crippen LogP contribution is 2.22. The molecule has 0 aliphatic carbocycles. The van der Waals surface area contributed by atoms with Crippen LogP contribution in [0.25, 0.3) is 0 Å². The number of benzene rings is 1. The minimum atomic E-state index is -0.472. The Morgan fingerprint density at radius 2 is 1.67 bits per heavy atom. The number of hydrogen-bond acceptors (Lipinski definition) is 4. The number of piperidine rings is 1. The molecule has 1 aromatic rings. The molecule has 27 heavy (non-hydrogen) atoms. The minimum absolute atomic E-state index is 0.0466. The fourth-order valence-electron chi connectivity index (χ4n) is 3.76. The van der Waals surface area contributed by atoms with Gasteiger partial charge in [-0.1, -0.05) is 12.1 Å². The maximum atomic E-state index is 12.8. The van der Waals surface area contributed by atoms with E-state index in [1.807, 2.05) is 12.1 Å². The number of primary amides is 1. The third-order valence-corrected chi connectivity index (χ3v) is 5.30. The van der Waals surface area contributed by atoms with E-state index in [1.54, 1.807) is 29.0 Å². The lowest BCUT2D eigenvalue weighted by molar-refractivity contribution is -0.138. The van der Waals surface area contributed by atoms with Gasteiger partial charge in [-0.3, -0.25) is 9.59 Å². The van der Waals surface area contributed by atoms with Crippen molar-refractivity contribution in [1.82, 2.24) is 14.7 Å². The smallest absolute Gasteiger partial charge is 0.314 e. The average molecular weight is 374 g/mol. The summed E-state index contributed by atoms with van der Waals surface area (Å²) in [6, 6.07) is 6.67. The molecular weight excluding hydrogens is 348 g/mol. The lowest BCUT2D eigenvalue weighted by Gasteiger charge is -2.38. The Morgan fingerprint density at radius 1 is 1.00 bits per heavy atom. The van der Waals surface area contributed by atoms with Crippen molar-refractivity contribution < 1.29 is 19.1 Å². The largest absolute Gasteiger partial charge is 0.496 e. The number of likely N-dealkylation sites (tertiary alicyclic amines) is 1. The number of rotatable bonds is 3. The van der Waals surface area contributed by atoms with Gasteiger partial charge in [-0.25, -0.2) is 4.79 Å². The van der Waals surface area contributed by atoms with Crippen molar-refractivity contribution in [1.29, 1.82) is 0 Å². The van der Waals surface area contributed by atoms with Crippen LogP contribution in [0.2, 0.25) is 0 Å². The molecule has 2 saturated heterocycles. The molecule has 2 aliphatic rings. The van der Waals surface area contributed by atoms with Gasteiger partial charge in [0.25, 0.3) is 5.91 Å². The van der Waals surface area contributed by atoms with Crippen LogP contribution in [0.3, 0.4) is 0 Å². The normalized spacial score (nSPS) is 20.3. The zero-order chi connectivity index (χ0) is 19.4. The van der Waals surface area contributed by atoms with Gasteiger partial charge in [0.05, 0.1) is 18.6 Å². The molecule has 4 amide bonds. The molecule has 0 bridgehead atoms. The summed E-state index contributed by atoms with van der Waals surface area (Å²) in [6.45, 7) is 2.94. The third kappa shape index (κ3) is 4.15. The number of carbonyl (C=O) groups excluding carboxylic acids is 3. The molecule has 2 heterocycles. The molecule has 2 aliphatic heterocycles. The monoisotopic (exact) mass is 374 g/mol. The molecule has 0 saturated carbocycles. The van der Waals surface area contributed by atoms with Crippen LogP contribution in [0.1, 0.15) is 23.2 Å². The molecule has 8 nitrogen and oxygen atoms in total. The lowest BCUT2D eigenvalue weighted by atomic mass is 9.96. The molecule has 2 fully saturated rings. The molecule has 146 valence electrons. The van der Waals surface area contributed by atoms with Crippen LogP contribution >= 0.6 is 0 Å². The van der Waals surface area contributed by atoms with Crippen LogP contribution in [-0.4, -0.2) is 78.9 Å². The average Bonchev–Trinajstić information content (AvgIpc) is 2.72. The first-order chi connectivity index (χ1) is 13.0. The van der Waals surface area contributed by atoms with Gasteiger partial charge >= 0.3 is 6.03 Å². The van der Waals surface area contributed by atoms with E-state index < -0.39 is 6.03 Å². The molecule has 0 aromatic heterocycles. The predicted octanol–water partition coefficient (Wildman–Crippen LogP) is 0.770. The van der Waals surface area contributed by atoms with Crippen molar-refractivity contribution in [2.24, 2.45) is 11.7 Å². The van der Waals surface area contributed by atoms with E-state index in [2.05, 4.69) is 0 Å². The van der Waals surface area contributed by atoms with Gasteiger partial charge in [0.2, 0.25) is 5.91 Å². The Morgan fingerprint density at radius 3 is 2.33 bits per heavy atom. The number of carbonyl (C=O) groups is 3. The van der Waals surface area contributed by atoms with E-state index >= 15 is 0 Å². The Hall–Kier alpha value is -2.77. The summed E-state index contributed by atoms with van der Waals surface area (Å²) >= 11 is 0. The van der Waals surface area contributed by atoms with Crippen molar-refractivity contribution in [2.75, 3.05) is 46.4 Å². The molecule has 3 rings (SSSR count). The lowest BCUT2D eigenvalue weighted by Crippen LogP contribution is -2.54. The van der Waals surface area contributed by atoms with Crippen LogP contribution in [0, 0.1) is 5.92 Å². The number of nitrogens with zero attached hydrogens (tertiary/aromatic N) is 3. The first-order valence-corrected chi connectivity index (χ1v) is 9.26. The summed E-state index contributed by atoms with van der Waals surface area (Å²) in [4.78, 5) is 42.0. The number of hydrogen-bond donors (Lipinski definition) is 1. The van der Waals surface area contributed by atoms with Crippen LogP contribution < -0.4 is 10.5 Å². The topological polar surface area (TPSA) is 96.2 Å². The van der Waals surface area contributed by atoms with Gasteiger partial charge in [0, 0.05) is 39.3 Å². The second kappa shape index (κ2) is 8.28. The van der Waals surface area contributed by atoms with Crippen LogP contribution in [0.15, 0.2) is 24.3 Å². The predicted molar refractivity (Wildman–Crippen MR) is 99.4 cm³/mol. The first kappa shape index (κ1) is 19.0. The van der Waals surface area contributed by atoms with E-state index in [0.29, 0.717) is 50.6 Å². The molecule has 0 unspecified atom stereocenters. The molecular formula is C19H26N4O4. The number of piperazine rings is 1. The molecule has 0 radical (unpaired) electrons. The number of para-hydroxylation sites is 1. The number of ether oxygens (including phenoxy) is 1. The minimum Gasteiger partial charge on any atom is -0.496 e. The number of amides is 4. The molecule has 1 atom stereocenters. The fourth-order valence-corrected chi connectivity index (χ4v) is 3.76. The fraction of sp³-hybridized carbons (Fsp3) is 0.526. The quantitative estimate of drug-likeness (QED) is 0.845. The summed E-state index contributed by atoms with van der Waals surface area (Å²) in [6.07, 6.45) is 1.55. The van der Waals surface area contributed by atoms with Gasteiger partial charge in [-0.05, 0) is 25.0 Å². The Kier molecular flexibility index (Phi) is 5.83. The van der Waals surface area contributed by atoms with Crippen molar-refractivity contribution >= 4 is 17.8 Å². The van der Waals surface area contributed by atoms with Gasteiger partial charge in [-0.15, -0.1) is 0 Å². The van der Waals surface area contributed by atoms with E-state index in [0.717, 1.165) is 12.8 Å². The van der Waals surface area contributed by atoms with Crippen LogP contribution in [0.4, 0.5) is 4.79 Å². The number of nitrogens with two attached hydrogens (primary N) is 1. The van der Waals surface area contributed by atoms with Crippen molar-refractivity contribution in [2.45, 2.75) is 12.8 Å². The van der Waals surface area contributed by atoms with E-state index in [-0.39, 0.29) is 17.7 Å². The molecule has 8 heteroatoms. The van der Waals surface area contributed by atoms with E-state index in [9.17, 15) is 14.4 Å². The number of methoxy groups -OCH3 is 1. The van der Waals surface area contributed by atoms with Crippen molar-refractivity contribution in [3.05, 3.63) is 29.8 Å². The second-order valence-corrected chi connectivity index (χ2v) is 6.94. The first-order valence-electron chi connectivity index (χ1n) is 9.26. The SMILES string of the molecule is COc1ccccc1C(=O)N1CCN(C(=O)[C@@H]2CCCN(C(N)=O)C2)CC1. The van der Waals surface area contributed by atoms with Gasteiger partial charge in [-0.2, -0.15) is 0 Å². The zero-order valence-electron chi connectivity index (χ0n) is 15.6. The highest BCUT2D eigenvalue weighted by Gasteiger charge is 2.33. The maximum Gasteiger partial charge on any atom is 0.314 e. The summed E-state index contributed by atoms with van der Waals surface area (Å²) in [5.41, 5.74) is 5.88. The standard InChI is InChI=1S/C19H26N4O4/c1-27-16-7-3-2-6-15(16)18(25)22-11-9-21(10-12-22)17(24)14-5-4-8-23(13-14)19(20)26/h2-3,6-7,14H,4-5,8-13H2,1H3,(H2,20,26)/t14-/m1/s1. The van der Waals surface area contributed by atoms with Gasteiger partial charge < -0.3 is 25.2 Å². The van der Waals surface area contributed by atoms with Gasteiger partial charge in [0.15, 0.2) is 0 Å². The maximum absolute atomic E-state index is 12.8. The summed E-state index contributed by atoms with van der Waals surface area (Å²) in [7, 11) is 1.54. The Labute approximate surface area is 158 Å². The summed E-state index contributed by atoms with van der Waals surface area (Å²) < 4.78 is 5.27. The van der Waals surface area contributed by atoms with Crippen molar-refractivity contribution in [3.63, 3.8) is 0 Å². The molecule has 2 N–H and O–H groups in total. The molecule has 1 aromatic carbocycles. The van der Waals surface area contributed by atoms with Crippen molar-refractivity contribution in [3.8, 4) is 5.75 Å². The third-order valence-electron chi connectivity index (χ3n) is 5.30. The van der Waals surface area contributed by atoms with Crippen LogP contribution in [-0.2, 0) is 4.79 Å². The van der Waals surface area contributed by atoms with Gasteiger partial charge in [0.1, 0.15) is 5.75 Å². The van der Waals surface area contributed by atoms with Crippen LogP contribution in [0.5, 0.6) is 5.75 Å². The Bertz CT molecular complexity index is 715. The Balaban J connectivity index is 1.57. The summed E-state index contributed by atoms with van der Waals surface area (Å²) in [5.74, 6) is 0.305. The molecule has 0 spiro atoms. The second-order valence-electron chi connectivity index (χ2n) is 6.94. The summed E-state index contributed by atoms with van der Waals surface area (Å²) in [5, 5.41) is 0. The highest BCUT2D eigenvalue weighted by molar-refractivity contribution is 5.97. The zero-order valence-corrected chi connectivity index (χ0v) is 15.6. The van der Waals surface area contributed by atoms with E-state index in [4.69, 9.17) is 10.5 Å². The number of urea groups is 1. The van der Waals surface area contributed by atoms with E-state index in [1.165, 1.54) is 4.90 Å². The highest BCUT2D eigenvalue weighted by atomic mass is 16.5.